The molecule has 29 heavy (non-hydrogen) atoms. The average Bonchev–Trinajstić information content (AvgIpc) is 3.24. The Morgan fingerprint density at radius 2 is 1.83 bits per heavy atom. The van der Waals surface area contributed by atoms with Crippen molar-refractivity contribution >= 4 is 34.8 Å². The highest BCUT2D eigenvalue weighted by Crippen LogP contribution is 2.28. The Hall–Kier alpha value is -3.45. The van der Waals surface area contributed by atoms with Gasteiger partial charge in [-0.1, -0.05) is 11.6 Å². The number of hydrogen-bond donors (Lipinski definition) is 2. The third kappa shape index (κ3) is 5.30. The molecule has 2 aromatic carbocycles. The van der Waals surface area contributed by atoms with Gasteiger partial charge >= 0.3 is 0 Å². The minimum atomic E-state index is -0.776. The number of furan rings is 1. The summed E-state index contributed by atoms with van der Waals surface area (Å²) < 4.78 is 15.9. The number of carbonyl (C=O) groups excluding carboxylic acids is 2. The Morgan fingerprint density at radius 1 is 1.07 bits per heavy atom. The van der Waals surface area contributed by atoms with Crippen LogP contribution in [0.5, 0.6) is 11.5 Å². The van der Waals surface area contributed by atoms with E-state index in [1.807, 2.05) is 0 Å². The number of anilines is 2. The van der Waals surface area contributed by atoms with Gasteiger partial charge in [-0.15, -0.1) is 0 Å². The fourth-order valence-corrected chi connectivity index (χ4v) is 2.66. The molecule has 2 N–H and O–H groups in total. The maximum absolute atomic E-state index is 12.4. The molecule has 0 bridgehead atoms. The lowest BCUT2D eigenvalue weighted by Crippen LogP contribution is -2.30. The number of rotatable bonds is 7. The van der Waals surface area contributed by atoms with Crippen LogP contribution in [0.15, 0.2) is 65.3 Å². The third-order valence-corrected chi connectivity index (χ3v) is 4.19. The molecule has 0 aliphatic heterocycles. The molecule has 1 heterocycles. The fourth-order valence-electron chi connectivity index (χ4n) is 2.49. The third-order valence-electron chi connectivity index (χ3n) is 3.96. The van der Waals surface area contributed by atoms with Gasteiger partial charge in [-0.25, -0.2) is 0 Å². The maximum Gasteiger partial charge on any atom is 0.291 e. The first-order valence-corrected chi connectivity index (χ1v) is 9.10. The number of carbonyl (C=O) groups is 2. The van der Waals surface area contributed by atoms with Crippen molar-refractivity contribution in [2.45, 2.75) is 13.0 Å². The summed E-state index contributed by atoms with van der Waals surface area (Å²) in [4.78, 5) is 24.4. The topological polar surface area (TPSA) is 89.8 Å². The molecule has 0 unspecified atom stereocenters. The van der Waals surface area contributed by atoms with Gasteiger partial charge in [0, 0.05) is 10.7 Å². The molecular formula is C21H19ClN2O5. The molecule has 0 spiro atoms. The van der Waals surface area contributed by atoms with E-state index in [1.54, 1.807) is 61.5 Å². The van der Waals surface area contributed by atoms with Crippen molar-refractivity contribution in [2.75, 3.05) is 17.7 Å². The first-order chi connectivity index (χ1) is 14.0. The van der Waals surface area contributed by atoms with E-state index in [9.17, 15) is 9.59 Å². The van der Waals surface area contributed by atoms with Crippen LogP contribution >= 0.6 is 11.6 Å². The number of halogens is 1. The quantitative estimate of drug-likeness (QED) is 0.589. The van der Waals surface area contributed by atoms with E-state index < -0.39 is 6.10 Å². The molecule has 0 radical (unpaired) electrons. The van der Waals surface area contributed by atoms with Crippen molar-refractivity contribution in [3.63, 3.8) is 0 Å². The minimum Gasteiger partial charge on any atom is -0.495 e. The van der Waals surface area contributed by atoms with Gasteiger partial charge in [0.2, 0.25) is 0 Å². The molecule has 2 amide bonds. The zero-order valence-electron chi connectivity index (χ0n) is 15.8. The zero-order valence-corrected chi connectivity index (χ0v) is 16.5. The summed E-state index contributed by atoms with van der Waals surface area (Å²) in [5.41, 5.74) is 1.02. The van der Waals surface area contributed by atoms with Gasteiger partial charge in [0.1, 0.15) is 11.5 Å². The first-order valence-electron chi connectivity index (χ1n) is 8.72. The van der Waals surface area contributed by atoms with Gasteiger partial charge in [0.15, 0.2) is 11.9 Å². The largest absolute Gasteiger partial charge is 0.495 e. The van der Waals surface area contributed by atoms with Crippen LogP contribution in [0, 0.1) is 0 Å². The fraction of sp³-hybridized carbons (Fsp3) is 0.143. The minimum absolute atomic E-state index is 0.215. The van der Waals surface area contributed by atoms with Crippen LogP contribution in [-0.4, -0.2) is 25.0 Å². The van der Waals surface area contributed by atoms with Crippen LogP contribution in [0.1, 0.15) is 17.5 Å². The van der Waals surface area contributed by atoms with Gasteiger partial charge in [0.25, 0.3) is 11.8 Å². The number of nitrogens with one attached hydrogen (secondary N) is 2. The van der Waals surface area contributed by atoms with Gasteiger partial charge in [-0.2, -0.15) is 0 Å². The average molecular weight is 415 g/mol. The highest BCUT2D eigenvalue weighted by molar-refractivity contribution is 6.31. The second-order valence-corrected chi connectivity index (χ2v) is 6.49. The van der Waals surface area contributed by atoms with E-state index in [2.05, 4.69) is 10.6 Å². The van der Waals surface area contributed by atoms with Crippen LogP contribution in [0.25, 0.3) is 0 Å². The van der Waals surface area contributed by atoms with Crippen molar-refractivity contribution in [3.8, 4) is 11.5 Å². The highest BCUT2D eigenvalue weighted by Gasteiger charge is 2.17. The van der Waals surface area contributed by atoms with Crippen molar-refractivity contribution in [1.82, 2.24) is 0 Å². The molecule has 1 aromatic heterocycles. The van der Waals surface area contributed by atoms with E-state index in [1.165, 1.54) is 13.4 Å². The van der Waals surface area contributed by atoms with E-state index in [0.717, 1.165) is 0 Å². The number of hydrogen-bond acceptors (Lipinski definition) is 5. The first kappa shape index (κ1) is 20.3. The van der Waals surface area contributed by atoms with E-state index in [0.29, 0.717) is 27.9 Å². The van der Waals surface area contributed by atoms with E-state index in [-0.39, 0.29) is 17.6 Å². The Bertz CT molecular complexity index is 987. The molecular weight excluding hydrogens is 396 g/mol. The molecule has 3 rings (SSSR count). The van der Waals surface area contributed by atoms with Crippen molar-refractivity contribution in [3.05, 3.63) is 71.6 Å². The van der Waals surface area contributed by atoms with Gasteiger partial charge in [-0.05, 0) is 61.5 Å². The summed E-state index contributed by atoms with van der Waals surface area (Å²) in [5, 5.41) is 5.91. The van der Waals surface area contributed by atoms with E-state index in [4.69, 9.17) is 25.5 Å². The second kappa shape index (κ2) is 9.16. The molecule has 3 aromatic rings. The summed E-state index contributed by atoms with van der Waals surface area (Å²) in [5.74, 6) is 0.466. The van der Waals surface area contributed by atoms with Gasteiger partial charge in [0.05, 0.1) is 19.1 Å². The lowest BCUT2D eigenvalue weighted by molar-refractivity contribution is -0.122. The summed E-state index contributed by atoms with van der Waals surface area (Å²) in [7, 11) is 1.51. The molecule has 8 heteroatoms. The smallest absolute Gasteiger partial charge is 0.291 e. The molecule has 0 aliphatic rings. The van der Waals surface area contributed by atoms with Crippen LogP contribution in [0.4, 0.5) is 11.4 Å². The number of methoxy groups -OCH3 is 1. The molecule has 0 saturated heterocycles. The summed E-state index contributed by atoms with van der Waals surface area (Å²) in [6, 6.07) is 14.8. The number of ether oxygens (including phenoxy) is 2. The predicted octanol–water partition coefficient (Wildman–Crippen LogP) is 4.60. The van der Waals surface area contributed by atoms with E-state index >= 15 is 0 Å². The van der Waals surface area contributed by atoms with Crippen LogP contribution in [0.2, 0.25) is 5.02 Å². The SMILES string of the molecule is COc1ccc(Cl)cc1NC(=O)[C@H](C)Oc1ccc(NC(=O)c2ccco2)cc1. The predicted molar refractivity (Wildman–Crippen MR) is 110 cm³/mol. The highest BCUT2D eigenvalue weighted by atomic mass is 35.5. The zero-order chi connectivity index (χ0) is 20.8. The van der Waals surface area contributed by atoms with Gasteiger partial charge in [-0.3, -0.25) is 9.59 Å². The summed E-state index contributed by atoms with van der Waals surface area (Å²) in [6.07, 6.45) is 0.652. The van der Waals surface area contributed by atoms with Crippen molar-refractivity contribution in [2.24, 2.45) is 0 Å². The number of benzene rings is 2. The summed E-state index contributed by atoms with van der Waals surface area (Å²) in [6.45, 7) is 1.62. The molecule has 0 fully saturated rings. The lowest BCUT2D eigenvalue weighted by Gasteiger charge is -2.16. The Labute approximate surface area is 172 Å². The Kier molecular flexibility index (Phi) is 6.41. The van der Waals surface area contributed by atoms with Crippen molar-refractivity contribution < 1.29 is 23.5 Å². The molecule has 150 valence electrons. The maximum atomic E-state index is 12.4. The van der Waals surface area contributed by atoms with Crippen molar-refractivity contribution in [1.29, 1.82) is 0 Å². The lowest BCUT2D eigenvalue weighted by atomic mass is 10.2. The van der Waals surface area contributed by atoms with Crippen LogP contribution < -0.4 is 20.1 Å². The molecule has 0 saturated carbocycles. The normalized spacial score (nSPS) is 11.4. The Balaban J connectivity index is 1.59. The summed E-state index contributed by atoms with van der Waals surface area (Å²) >= 11 is 5.98. The second-order valence-electron chi connectivity index (χ2n) is 6.05. The number of amides is 2. The van der Waals surface area contributed by atoms with Gasteiger partial charge < -0.3 is 24.5 Å². The Morgan fingerprint density at radius 3 is 2.48 bits per heavy atom. The monoisotopic (exact) mass is 414 g/mol. The van der Waals surface area contributed by atoms with Crippen LogP contribution in [-0.2, 0) is 4.79 Å². The molecule has 7 nitrogen and oxygen atoms in total. The standard InChI is InChI=1S/C21H19ClN2O5/c1-13(20(25)24-17-12-14(22)5-10-18(17)27-2)29-16-8-6-15(7-9-16)23-21(26)19-4-3-11-28-19/h3-13H,1-2H3,(H,23,26)(H,24,25)/t13-/m0/s1. The van der Waals surface area contributed by atoms with Crippen LogP contribution in [0.3, 0.4) is 0 Å². The molecule has 0 aliphatic carbocycles. The molecule has 1 atom stereocenters.